The van der Waals surface area contributed by atoms with Crippen molar-refractivity contribution < 1.29 is 8.42 Å². The van der Waals surface area contributed by atoms with Crippen LogP contribution in [0.25, 0.3) is 10.6 Å². The van der Waals surface area contributed by atoms with Gasteiger partial charge in [0.1, 0.15) is 9.22 Å². The van der Waals surface area contributed by atoms with Gasteiger partial charge in [-0.25, -0.2) is 13.4 Å². The summed E-state index contributed by atoms with van der Waals surface area (Å²) in [5.41, 5.74) is 1.49. The third-order valence-corrected chi connectivity index (χ3v) is 6.95. The SMILES string of the molecule is O=S(=O)(Nc1ccc(-c2nccs2)cc1)c1ccc(Br)s1. The maximum Gasteiger partial charge on any atom is 0.271 e. The van der Waals surface area contributed by atoms with Crippen LogP contribution in [0.4, 0.5) is 5.69 Å². The molecule has 4 nitrogen and oxygen atoms in total. The Morgan fingerprint density at radius 1 is 1.10 bits per heavy atom. The van der Waals surface area contributed by atoms with E-state index in [1.54, 1.807) is 41.8 Å². The van der Waals surface area contributed by atoms with Crippen LogP contribution in [0.15, 0.2) is 56.0 Å². The highest BCUT2D eigenvalue weighted by atomic mass is 79.9. The van der Waals surface area contributed by atoms with Crippen LogP contribution in [0.2, 0.25) is 0 Å². The minimum Gasteiger partial charge on any atom is -0.279 e. The molecule has 0 bridgehead atoms. The summed E-state index contributed by atoms with van der Waals surface area (Å²) in [5, 5.41) is 2.81. The molecule has 1 N–H and O–H groups in total. The molecule has 0 fully saturated rings. The maximum absolute atomic E-state index is 12.2. The molecule has 8 heteroatoms. The highest BCUT2D eigenvalue weighted by molar-refractivity contribution is 9.11. The summed E-state index contributed by atoms with van der Waals surface area (Å²) >= 11 is 5.98. The molecule has 0 saturated carbocycles. The van der Waals surface area contributed by atoms with Crippen LogP contribution in [-0.2, 0) is 10.0 Å². The lowest BCUT2D eigenvalue weighted by molar-refractivity contribution is 0.603. The van der Waals surface area contributed by atoms with Crippen molar-refractivity contribution in [2.45, 2.75) is 4.21 Å². The number of benzene rings is 1. The van der Waals surface area contributed by atoms with E-state index >= 15 is 0 Å². The molecule has 0 saturated heterocycles. The number of thiophene rings is 1. The Balaban J connectivity index is 1.82. The van der Waals surface area contributed by atoms with Gasteiger partial charge in [0.15, 0.2) is 0 Å². The largest absolute Gasteiger partial charge is 0.279 e. The zero-order valence-corrected chi connectivity index (χ0v) is 14.5. The Morgan fingerprint density at radius 3 is 2.43 bits per heavy atom. The highest BCUT2D eigenvalue weighted by Crippen LogP contribution is 2.28. The van der Waals surface area contributed by atoms with Gasteiger partial charge in [-0.1, -0.05) is 0 Å². The Hall–Kier alpha value is -1.22. The second kappa shape index (κ2) is 5.88. The summed E-state index contributed by atoms with van der Waals surface area (Å²) in [6.45, 7) is 0. The number of halogens is 1. The summed E-state index contributed by atoms with van der Waals surface area (Å²) in [4.78, 5) is 4.22. The third-order valence-electron chi connectivity index (χ3n) is 2.63. The molecular formula is C13H9BrN2O2S3. The number of nitrogens with one attached hydrogen (secondary N) is 1. The fraction of sp³-hybridized carbons (Fsp3) is 0. The summed E-state index contributed by atoms with van der Waals surface area (Å²) in [6, 6.07) is 10.4. The van der Waals surface area contributed by atoms with Crippen molar-refractivity contribution in [1.82, 2.24) is 4.98 Å². The van der Waals surface area contributed by atoms with Gasteiger partial charge in [-0.2, -0.15) is 0 Å². The maximum atomic E-state index is 12.2. The van der Waals surface area contributed by atoms with Crippen molar-refractivity contribution in [3.8, 4) is 10.6 Å². The van der Waals surface area contributed by atoms with Gasteiger partial charge in [-0.3, -0.25) is 4.72 Å². The first-order valence-electron chi connectivity index (χ1n) is 5.83. The molecule has 2 heterocycles. The van der Waals surface area contributed by atoms with Gasteiger partial charge in [0.2, 0.25) is 0 Å². The quantitative estimate of drug-likeness (QED) is 0.704. The average Bonchev–Trinajstić information content (AvgIpc) is 3.10. The predicted molar refractivity (Wildman–Crippen MR) is 90.4 cm³/mol. The van der Waals surface area contributed by atoms with Crippen LogP contribution < -0.4 is 4.72 Å². The molecule has 0 spiro atoms. The average molecular weight is 401 g/mol. The van der Waals surface area contributed by atoms with E-state index in [0.29, 0.717) is 5.69 Å². The Labute approximate surface area is 138 Å². The minimum absolute atomic E-state index is 0.276. The summed E-state index contributed by atoms with van der Waals surface area (Å²) in [5.74, 6) is 0. The Bertz CT molecular complexity index is 840. The molecule has 2 aromatic heterocycles. The van der Waals surface area contributed by atoms with E-state index in [0.717, 1.165) is 14.4 Å². The molecule has 0 atom stereocenters. The molecule has 0 aliphatic rings. The van der Waals surface area contributed by atoms with Crippen LogP contribution >= 0.6 is 38.6 Å². The first kappa shape index (κ1) is 14.7. The fourth-order valence-electron chi connectivity index (χ4n) is 1.69. The number of rotatable bonds is 4. The Morgan fingerprint density at radius 2 is 1.86 bits per heavy atom. The first-order chi connectivity index (χ1) is 10.0. The van der Waals surface area contributed by atoms with Crippen LogP contribution in [0.3, 0.4) is 0 Å². The van der Waals surface area contributed by atoms with Gasteiger partial charge < -0.3 is 0 Å². The lowest BCUT2D eigenvalue weighted by Crippen LogP contribution is -2.11. The normalized spacial score (nSPS) is 11.5. The van der Waals surface area contributed by atoms with E-state index in [9.17, 15) is 8.42 Å². The molecule has 0 aliphatic carbocycles. The van der Waals surface area contributed by atoms with Crippen molar-refractivity contribution in [3.63, 3.8) is 0 Å². The standard InChI is InChI=1S/C13H9BrN2O2S3/c14-11-5-6-12(20-11)21(17,18)16-10-3-1-9(2-4-10)13-15-7-8-19-13/h1-8,16H. The number of anilines is 1. The molecule has 0 radical (unpaired) electrons. The van der Waals surface area contributed by atoms with Crippen LogP contribution in [0.1, 0.15) is 0 Å². The smallest absolute Gasteiger partial charge is 0.271 e. The molecule has 0 aliphatic heterocycles. The van der Waals surface area contributed by atoms with E-state index in [2.05, 4.69) is 25.6 Å². The van der Waals surface area contributed by atoms with Gasteiger partial charge in [-0.05, 0) is 52.3 Å². The molecule has 108 valence electrons. The number of thiazole rings is 1. The van der Waals surface area contributed by atoms with E-state index in [1.165, 1.54) is 11.3 Å². The van der Waals surface area contributed by atoms with Gasteiger partial charge in [-0.15, -0.1) is 22.7 Å². The van der Waals surface area contributed by atoms with Crippen molar-refractivity contribution in [2.75, 3.05) is 4.72 Å². The zero-order valence-electron chi connectivity index (χ0n) is 10.5. The topological polar surface area (TPSA) is 59.1 Å². The molecule has 21 heavy (non-hydrogen) atoms. The minimum atomic E-state index is -3.53. The van der Waals surface area contributed by atoms with Crippen LogP contribution in [0.5, 0.6) is 0 Å². The van der Waals surface area contributed by atoms with Crippen molar-refractivity contribution in [3.05, 3.63) is 51.8 Å². The van der Waals surface area contributed by atoms with E-state index in [4.69, 9.17) is 0 Å². The lowest BCUT2D eigenvalue weighted by atomic mass is 10.2. The van der Waals surface area contributed by atoms with Crippen molar-refractivity contribution in [2.24, 2.45) is 0 Å². The molecule has 0 unspecified atom stereocenters. The lowest BCUT2D eigenvalue weighted by Gasteiger charge is -2.06. The van der Waals surface area contributed by atoms with Gasteiger partial charge in [0.25, 0.3) is 10.0 Å². The number of aromatic nitrogens is 1. The van der Waals surface area contributed by atoms with E-state index < -0.39 is 10.0 Å². The Kier molecular flexibility index (Phi) is 4.12. The second-order valence-electron chi connectivity index (χ2n) is 4.08. The molecule has 3 aromatic rings. The monoisotopic (exact) mass is 400 g/mol. The van der Waals surface area contributed by atoms with Gasteiger partial charge in [0, 0.05) is 22.8 Å². The summed E-state index contributed by atoms with van der Waals surface area (Å²) < 4.78 is 28.0. The fourth-order valence-corrected chi connectivity index (χ4v) is 5.41. The van der Waals surface area contributed by atoms with Gasteiger partial charge >= 0.3 is 0 Å². The summed E-state index contributed by atoms with van der Waals surface area (Å²) in [7, 11) is -3.53. The summed E-state index contributed by atoms with van der Waals surface area (Å²) in [6.07, 6.45) is 1.74. The predicted octanol–water partition coefficient (Wildman–Crippen LogP) is 4.43. The number of hydrogen-bond donors (Lipinski definition) is 1. The first-order valence-corrected chi connectivity index (χ1v) is 9.80. The van der Waals surface area contributed by atoms with E-state index in [1.807, 2.05) is 17.5 Å². The van der Waals surface area contributed by atoms with Gasteiger partial charge in [0.05, 0.1) is 3.79 Å². The molecule has 3 rings (SSSR count). The van der Waals surface area contributed by atoms with E-state index in [-0.39, 0.29) is 4.21 Å². The van der Waals surface area contributed by atoms with Crippen LogP contribution in [-0.4, -0.2) is 13.4 Å². The van der Waals surface area contributed by atoms with Crippen LogP contribution in [0, 0.1) is 0 Å². The zero-order chi connectivity index (χ0) is 14.9. The van der Waals surface area contributed by atoms with Crippen molar-refractivity contribution >= 4 is 54.3 Å². The number of hydrogen-bond acceptors (Lipinski definition) is 5. The number of sulfonamides is 1. The molecule has 0 amide bonds. The highest BCUT2D eigenvalue weighted by Gasteiger charge is 2.16. The molecule has 1 aromatic carbocycles. The molecular weight excluding hydrogens is 392 g/mol. The number of nitrogens with zero attached hydrogens (tertiary/aromatic N) is 1. The third kappa shape index (κ3) is 3.34. The second-order valence-corrected chi connectivity index (χ2v) is 9.35. The van der Waals surface area contributed by atoms with Crippen molar-refractivity contribution in [1.29, 1.82) is 0 Å².